The second-order valence-electron chi connectivity index (χ2n) is 5.15. The molecule has 1 heterocycles. The summed E-state index contributed by atoms with van der Waals surface area (Å²) < 4.78 is 6.07. The minimum Gasteiger partial charge on any atom is -0.456 e. The maximum atomic E-state index is 12.0. The van der Waals surface area contributed by atoms with Gasteiger partial charge in [0.25, 0.3) is 0 Å². The number of benzene rings is 1. The van der Waals surface area contributed by atoms with Gasteiger partial charge in [0.2, 0.25) is 0 Å². The molecule has 0 bridgehead atoms. The second kappa shape index (κ2) is 7.62. The van der Waals surface area contributed by atoms with Crippen LogP contribution in [0.1, 0.15) is 21.7 Å². The van der Waals surface area contributed by atoms with Gasteiger partial charge in [-0.15, -0.1) is 0 Å². The lowest BCUT2D eigenvalue weighted by Gasteiger charge is -2.06. The summed E-state index contributed by atoms with van der Waals surface area (Å²) in [4.78, 5) is 34.2. The van der Waals surface area contributed by atoms with Crippen molar-refractivity contribution in [2.75, 3.05) is 6.61 Å². The number of rotatable bonds is 6. The number of carbonyl (C=O) groups is 2. The van der Waals surface area contributed by atoms with Crippen molar-refractivity contribution in [3.05, 3.63) is 55.3 Å². The SMILES string of the molecule is Cc1nn(CC(=O)OCC(=O)c2ccc(Cl)c(Cl)c2)c(C)c1[N+](=O)[O-]. The highest BCUT2D eigenvalue weighted by Crippen LogP contribution is 2.23. The number of ether oxygens (including phenoxy) is 1. The predicted octanol–water partition coefficient (Wildman–Crippen LogP) is 3.14. The fourth-order valence-corrected chi connectivity index (χ4v) is 2.47. The normalized spacial score (nSPS) is 10.6. The van der Waals surface area contributed by atoms with E-state index in [1.165, 1.54) is 36.7 Å². The number of aromatic nitrogens is 2. The predicted molar refractivity (Wildman–Crippen MR) is 90.1 cm³/mol. The Kier molecular flexibility index (Phi) is 5.76. The van der Waals surface area contributed by atoms with Crippen LogP contribution in [0.5, 0.6) is 0 Å². The molecular weight excluding hydrogens is 373 g/mol. The van der Waals surface area contributed by atoms with Crippen molar-refractivity contribution < 1.29 is 19.2 Å². The molecule has 132 valence electrons. The summed E-state index contributed by atoms with van der Waals surface area (Å²) in [5.41, 5.74) is 0.529. The number of halogens is 2. The van der Waals surface area contributed by atoms with Crippen molar-refractivity contribution in [3.8, 4) is 0 Å². The van der Waals surface area contributed by atoms with Gasteiger partial charge in [0.15, 0.2) is 12.4 Å². The van der Waals surface area contributed by atoms with Crippen LogP contribution < -0.4 is 0 Å². The Balaban J connectivity index is 1.99. The highest BCUT2D eigenvalue weighted by Gasteiger charge is 2.23. The van der Waals surface area contributed by atoms with Crippen molar-refractivity contribution >= 4 is 40.6 Å². The summed E-state index contributed by atoms with van der Waals surface area (Å²) in [5, 5.41) is 15.4. The number of carbonyl (C=O) groups excluding carboxylic acids is 2. The highest BCUT2D eigenvalue weighted by atomic mass is 35.5. The quantitative estimate of drug-likeness (QED) is 0.327. The molecular formula is C15H13Cl2N3O5. The topological polar surface area (TPSA) is 104 Å². The molecule has 0 N–H and O–H groups in total. The molecule has 0 aliphatic rings. The number of Topliss-reactive ketones (excluding diaryl/α,β-unsaturated/α-hetero) is 1. The number of nitro groups is 1. The summed E-state index contributed by atoms with van der Waals surface area (Å²) in [5.74, 6) is -1.19. The summed E-state index contributed by atoms with van der Waals surface area (Å²) in [6.07, 6.45) is 0. The molecule has 1 aromatic carbocycles. The van der Waals surface area contributed by atoms with Crippen molar-refractivity contribution in [3.63, 3.8) is 0 Å². The summed E-state index contributed by atoms with van der Waals surface area (Å²) in [6, 6.07) is 4.31. The minimum absolute atomic E-state index is 0.153. The highest BCUT2D eigenvalue weighted by molar-refractivity contribution is 6.42. The van der Waals surface area contributed by atoms with E-state index in [-0.39, 0.29) is 34.2 Å². The van der Waals surface area contributed by atoms with Crippen molar-refractivity contribution in [2.45, 2.75) is 20.4 Å². The van der Waals surface area contributed by atoms with E-state index in [0.29, 0.717) is 5.02 Å². The third kappa shape index (κ3) is 4.34. The van der Waals surface area contributed by atoms with E-state index < -0.39 is 23.3 Å². The molecule has 0 fully saturated rings. The molecule has 1 aromatic heterocycles. The maximum Gasteiger partial charge on any atom is 0.328 e. The van der Waals surface area contributed by atoms with Crippen LogP contribution in [-0.2, 0) is 16.1 Å². The Hall–Kier alpha value is -2.45. The van der Waals surface area contributed by atoms with Gasteiger partial charge in [-0.2, -0.15) is 5.10 Å². The van der Waals surface area contributed by atoms with Crippen LogP contribution in [-0.4, -0.2) is 33.1 Å². The number of hydrogen-bond acceptors (Lipinski definition) is 6. The van der Waals surface area contributed by atoms with E-state index in [1.54, 1.807) is 0 Å². The maximum absolute atomic E-state index is 12.0. The number of hydrogen-bond donors (Lipinski definition) is 0. The first-order valence-electron chi connectivity index (χ1n) is 7.03. The average Bonchev–Trinajstić information content (AvgIpc) is 2.81. The zero-order valence-electron chi connectivity index (χ0n) is 13.3. The molecule has 0 saturated carbocycles. The second-order valence-corrected chi connectivity index (χ2v) is 5.96. The lowest BCUT2D eigenvalue weighted by atomic mass is 10.1. The molecule has 25 heavy (non-hydrogen) atoms. The molecule has 0 radical (unpaired) electrons. The molecule has 0 aliphatic heterocycles. The smallest absolute Gasteiger partial charge is 0.328 e. The molecule has 0 saturated heterocycles. The standard InChI is InChI=1S/C15H13Cl2N3O5/c1-8-15(20(23)24)9(2)19(18-8)6-14(22)25-7-13(21)10-3-4-11(16)12(17)5-10/h3-5H,6-7H2,1-2H3. The van der Waals surface area contributed by atoms with Gasteiger partial charge in [0.05, 0.1) is 15.0 Å². The van der Waals surface area contributed by atoms with Gasteiger partial charge in [-0.3, -0.25) is 24.4 Å². The van der Waals surface area contributed by atoms with Crippen LogP contribution in [0.4, 0.5) is 5.69 Å². The van der Waals surface area contributed by atoms with Crippen molar-refractivity contribution in [1.29, 1.82) is 0 Å². The Morgan fingerprint density at radius 1 is 1.28 bits per heavy atom. The first-order valence-corrected chi connectivity index (χ1v) is 7.78. The van der Waals surface area contributed by atoms with Gasteiger partial charge >= 0.3 is 11.7 Å². The largest absolute Gasteiger partial charge is 0.456 e. The van der Waals surface area contributed by atoms with Gasteiger partial charge in [0.1, 0.15) is 17.9 Å². The number of nitrogens with zero attached hydrogens (tertiary/aromatic N) is 3. The van der Waals surface area contributed by atoms with Crippen LogP contribution in [0, 0.1) is 24.0 Å². The number of aryl methyl sites for hydroxylation is 1. The van der Waals surface area contributed by atoms with E-state index in [9.17, 15) is 19.7 Å². The fourth-order valence-electron chi connectivity index (χ4n) is 2.17. The van der Waals surface area contributed by atoms with E-state index in [1.807, 2.05) is 0 Å². The average molecular weight is 386 g/mol. The van der Waals surface area contributed by atoms with Gasteiger partial charge < -0.3 is 4.74 Å². The van der Waals surface area contributed by atoms with Crippen LogP contribution in [0.25, 0.3) is 0 Å². The number of esters is 1. The first kappa shape index (κ1) is 18.9. The molecule has 8 nitrogen and oxygen atoms in total. The Morgan fingerprint density at radius 3 is 2.52 bits per heavy atom. The fraction of sp³-hybridized carbons (Fsp3) is 0.267. The lowest BCUT2D eigenvalue weighted by molar-refractivity contribution is -0.386. The minimum atomic E-state index is -0.742. The van der Waals surface area contributed by atoms with Gasteiger partial charge in [-0.25, -0.2) is 0 Å². The third-order valence-corrected chi connectivity index (χ3v) is 4.15. The monoisotopic (exact) mass is 385 g/mol. The Labute approximate surface area is 152 Å². The van der Waals surface area contributed by atoms with Crippen LogP contribution in [0.15, 0.2) is 18.2 Å². The lowest BCUT2D eigenvalue weighted by Crippen LogP contribution is -2.19. The zero-order chi connectivity index (χ0) is 18.7. The summed E-state index contributed by atoms with van der Waals surface area (Å²) >= 11 is 11.6. The number of ketones is 1. The molecule has 0 aliphatic carbocycles. The van der Waals surface area contributed by atoms with Gasteiger partial charge in [-0.1, -0.05) is 23.2 Å². The van der Waals surface area contributed by atoms with Crippen molar-refractivity contribution in [2.24, 2.45) is 0 Å². The molecule has 2 rings (SSSR count). The van der Waals surface area contributed by atoms with Crippen molar-refractivity contribution in [1.82, 2.24) is 9.78 Å². The van der Waals surface area contributed by atoms with E-state index in [4.69, 9.17) is 27.9 Å². The molecule has 0 amide bonds. The van der Waals surface area contributed by atoms with E-state index >= 15 is 0 Å². The molecule has 0 spiro atoms. The van der Waals surface area contributed by atoms with E-state index in [2.05, 4.69) is 5.10 Å². The van der Waals surface area contributed by atoms with Gasteiger partial charge in [-0.05, 0) is 32.0 Å². The van der Waals surface area contributed by atoms with Crippen LogP contribution in [0.3, 0.4) is 0 Å². The molecule has 10 heteroatoms. The van der Waals surface area contributed by atoms with E-state index in [0.717, 1.165) is 0 Å². The van der Waals surface area contributed by atoms with Crippen LogP contribution >= 0.6 is 23.2 Å². The molecule has 2 aromatic rings. The summed E-state index contributed by atoms with van der Waals surface area (Å²) in [6.45, 7) is 2.13. The Bertz CT molecular complexity index is 863. The molecule has 0 unspecified atom stereocenters. The Morgan fingerprint density at radius 2 is 1.96 bits per heavy atom. The molecule has 0 atom stereocenters. The van der Waals surface area contributed by atoms with Crippen LogP contribution in [0.2, 0.25) is 10.0 Å². The third-order valence-electron chi connectivity index (χ3n) is 3.41. The summed E-state index contributed by atoms with van der Waals surface area (Å²) in [7, 11) is 0. The first-order chi connectivity index (χ1) is 11.7. The zero-order valence-corrected chi connectivity index (χ0v) is 14.8. The van der Waals surface area contributed by atoms with Gasteiger partial charge in [0, 0.05) is 5.56 Å².